The van der Waals surface area contributed by atoms with Crippen molar-refractivity contribution in [1.29, 1.82) is 0 Å². The summed E-state index contributed by atoms with van der Waals surface area (Å²) in [6.07, 6.45) is 1.65. The van der Waals surface area contributed by atoms with E-state index in [4.69, 9.17) is 4.74 Å². The minimum absolute atomic E-state index is 0.244. The monoisotopic (exact) mass is 317 g/mol. The number of methoxy groups -OCH3 is 1. The van der Waals surface area contributed by atoms with Crippen LogP contribution >= 0.6 is 15.9 Å². The first-order chi connectivity index (χ1) is 8.54. The lowest BCUT2D eigenvalue weighted by Gasteiger charge is -2.13. The van der Waals surface area contributed by atoms with Crippen LogP contribution in [-0.2, 0) is 9.53 Å². The maximum Gasteiger partial charge on any atom is 0.268 e. The number of carbonyl (C=O) groups excluding carboxylic acids is 2. The Kier molecular flexibility index (Phi) is 5.87. The van der Waals surface area contributed by atoms with Gasteiger partial charge in [0.25, 0.3) is 5.91 Å². The molecular weight excluding hydrogens is 302 g/mol. The predicted molar refractivity (Wildman–Crippen MR) is 70.3 cm³/mol. The van der Waals surface area contributed by atoms with Crippen LogP contribution < -0.4 is 10.6 Å². The molecule has 1 atom stereocenters. The van der Waals surface area contributed by atoms with Gasteiger partial charge in [-0.1, -0.05) is 0 Å². The number of ether oxygens (including phenoxy) is 1. The number of halogens is 1. The third kappa shape index (κ3) is 4.50. The van der Waals surface area contributed by atoms with E-state index in [9.17, 15) is 9.59 Å². The second-order valence-electron chi connectivity index (χ2n) is 3.71. The number of aromatic nitrogens is 1. The van der Waals surface area contributed by atoms with Gasteiger partial charge in [-0.25, -0.2) is 0 Å². The standard InChI is InChI=1S/C11H16BrN3O3/c1-7(10(16)13-3-4-18-2)15-11(17)9-5-8(12)6-14-9/h5-7,14H,3-4H2,1-2H3,(H,13,16)(H,15,17). The third-order valence-corrected chi connectivity index (χ3v) is 2.70. The zero-order chi connectivity index (χ0) is 13.5. The molecule has 6 nitrogen and oxygen atoms in total. The van der Waals surface area contributed by atoms with Gasteiger partial charge >= 0.3 is 0 Å². The average molecular weight is 318 g/mol. The lowest BCUT2D eigenvalue weighted by atomic mass is 10.3. The number of rotatable bonds is 6. The molecule has 0 aliphatic heterocycles. The molecule has 0 spiro atoms. The van der Waals surface area contributed by atoms with E-state index >= 15 is 0 Å². The van der Waals surface area contributed by atoms with Crippen molar-refractivity contribution in [3.8, 4) is 0 Å². The molecule has 1 heterocycles. The molecule has 3 N–H and O–H groups in total. The molecule has 0 aromatic carbocycles. The second-order valence-corrected chi connectivity index (χ2v) is 4.63. The summed E-state index contributed by atoms with van der Waals surface area (Å²) in [7, 11) is 1.56. The van der Waals surface area contributed by atoms with Gasteiger partial charge in [0.2, 0.25) is 5.91 Å². The summed E-state index contributed by atoms with van der Waals surface area (Å²) in [5.74, 6) is -0.568. The van der Waals surface area contributed by atoms with Gasteiger partial charge < -0.3 is 20.4 Å². The summed E-state index contributed by atoms with van der Waals surface area (Å²) in [5.41, 5.74) is 0.401. The van der Waals surface area contributed by atoms with Crippen molar-refractivity contribution in [2.75, 3.05) is 20.3 Å². The normalized spacial score (nSPS) is 11.9. The first kappa shape index (κ1) is 14.7. The van der Waals surface area contributed by atoms with Crippen molar-refractivity contribution >= 4 is 27.7 Å². The molecule has 0 saturated carbocycles. The highest BCUT2D eigenvalue weighted by Crippen LogP contribution is 2.10. The van der Waals surface area contributed by atoms with Gasteiger partial charge in [-0.3, -0.25) is 9.59 Å². The Balaban J connectivity index is 2.41. The number of hydrogen-bond acceptors (Lipinski definition) is 3. The predicted octanol–water partition coefficient (Wildman–Crippen LogP) is 0.658. The molecule has 18 heavy (non-hydrogen) atoms. The quantitative estimate of drug-likeness (QED) is 0.674. The fourth-order valence-corrected chi connectivity index (χ4v) is 1.61. The Morgan fingerprint density at radius 3 is 2.83 bits per heavy atom. The highest BCUT2D eigenvalue weighted by atomic mass is 79.9. The van der Waals surface area contributed by atoms with Gasteiger partial charge in [0, 0.05) is 24.3 Å². The first-order valence-corrected chi connectivity index (χ1v) is 6.25. The zero-order valence-corrected chi connectivity index (χ0v) is 11.8. The summed E-state index contributed by atoms with van der Waals surface area (Å²) in [5, 5.41) is 5.24. The molecule has 7 heteroatoms. The summed E-state index contributed by atoms with van der Waals surface area (Å²) in [4.78, 5) is 26.1. The van der Waals surface area contributed by atoms with Crippen LogP contribution in [0.2, 0.25) is 0 Å². The van der Waals surface area contributed by atoms with Gasteiger partial charge in [0.05, 0.1) is 6.61 Å². The number of hydrogen-bond donors (Lipinski definition) is 3. The van der Waals surface area contributed by atoms with E-state index < -0.39 is 6.04 Å². The van der Waals surface area contributed by atoms with E-state index in [-0.39, 0.29) is 11.8 Å². The van der Waals surface area contributed by atoms with E-state index in [0.29, 0.717) is 18.8 Å². The van der Waals surface area contributed by atoms with Crippen LogP contribution in [0.5, 0.6) is 0 Å². The van der Waals surface area contributed by atoms with Crippen LogP contribution in [0.3, 0.4) is 0 Å². The van der Waals surface area contributed by atoms with E-state index in [1.807, 2.05) is 0 Å². The molecule has 1 unspecified atom stereocenters. The Morgan fingerprint density at radius 2 is 2.28 bits per heavy atom. The zero-order valence-electron chi connectivity index (χ0n) is 10.2. The average Bonchev–Trinajstić information content (AvgIpc) is 2.76. The van der Waals surface area contributed by atoms with Crippen molar-refractivity contribution in [2.45, 2.75) is 13.0 Å². The van der Waals surface area contributed by atoms with Gasteiger partial charge in [-0.2, -0.15) is 0 Å². The Hall–Kier alpha value is -1.34. The molecule has 1 aromatic heterocycles. The largest absolute Gasteiger partial charge is 0.383 e. The SMILES string of the molecule is COCCNC(=O)C(C)NC(=O)c1cc(Br)c[nH]1. The maximum absolute atomic E-state index is 11.7. The molecule has 2 amide bonds. The summed E-state index contributed by atoms with van der Waals surface area (Å²) in [6.45, 7) is 2.48. The molecule has 0 aliphatic carbocycles. The maximum atomic E-state index is 11.7. The summed E-state index contributed by atoms with van der Waals surface area (Å²) in [6, 6.07) is 1.04. The van der Waals surface area contributed by atoms with Crippen LogP contribution in [0.15, 0.2) is 16.7 Å². The number of H-pyrrole nitrogens is 1. The molecule has 1 rings (SSSR count). The summed E-state index contributed by atoms with van der Waals surface area (Å²) >= 11 is 3.23. The van der Waals surface area contributed by atoms with E-state index in [1.54, 1.807) is 26.3 Å². The lowest BCUT2D eigenvalue weighted by molar-refractivity contribution is -0.122. The smallest absolute Gasteiger partial charge is 0.268 e. The first-order valence-electron chi connectivity index (χ1n) is 5.46. The molecular formula is C11H16BrN3O3. The Morgan fingerprint density at radius 1 is 1.56 bits per heavy atom. The van der Waals surface area contributed by atoms with Crippen LogP contribution in [0.25, 0.3) is 0 Å². The summed E-state index contributed by atoms with van der Waals surface area (Å²) < 4.78 is 5.60. The second kappa shape index (κ2) is 7.17. The molecule has 0 saturated heterocycles. The van der Waals surface area contributed by atoms with E-state index in [0.717, 1.165) is 4.47 Å². The molecule has 100 valence electrons. The fourth-order valence-electron chi connectivity index (χ4n) is 1.27. The molecule has 1 aromatic rings. The number of carbonyl (C=O) groups is 2. The van der Waals surface area contributed by atoms with Gasteiger partial charge in [-0.15, -0.1) is 0 Å². The van der Waals surface area contributed by atoms with Crippen molar-refractivity contribution in [3.63, 3.8) is 0 Å². The minimum atomic E-state index is -0.601. The molecule has 0 radical (unpaired) electrons. The highest BCUT2D eigenvalue weighted by molar-refractivity contribution is 9.10. The lowest BCUT2D eigenvalue weighted by Crippen LogP contribution is -2.45. The van der Waals surface area contributed by atoms with Gasteiger partial charge in [0.15, 0.2) is 0 Å². The van der Waals surface area contributed by atoms with Gasteiger partial charge in [-0.05, 0) is 28.9 Å². The Bertz CT molecular complexity index is 419. The van der Waals surface area contributed by atoms with E-state index in [1.165, 1.54) is 0 Å². The fraction of sp³-hybridized carbons (Fsp3) is 0.455. The van der Waals surface area contributed by atoms with Crippen LogP contribution in [0, 0.1) is 0 Å². The molecule has 0 fully saturated rings. The number of amides is 2. The van der Waals surface area contributed by atoms with Gasteiger partial charge in [0.1, 0.15) is 11.7 Å². The minimum Gasteiger partial charge on any atom is -0.383 e. The number of nitrogens with one attached hydrogen (secondary N) is 3. The highest BCUT2D eigenvalue weighted by Gasteiger charge is 2.16. The topological polar surface area (TPSA) is 83.2 Å². The van der Waals surface area contributed by atoms with Crippen LogP contribution in [0.1, 0.15) is 17.4 Å². The van der Waals surface area contributed by atoms with Crippen molar-refractivity contribution in [3.05, 3.63) is 22.4 Å². The van der Waals surface area contributed by atoms with E-state index in [2.05, 4.69) is 31.5 Å². The molecule has 0 bridgehead atoms. The van der Waals surface area contributed by atoms with Crippen LogP contribution in [0.4, 0.5) is 0 Å². The van der Waals surface area contributed by atoms with Crippen molar-refractivity contribution < 1.29 is 14.3 Å². The third-order valence-electron chi connectivity index (χ3n) is 2.24. The Labute approximate surface area is 114 Å². The van der Waals surface area contributed by atoms with Crippen LogP contribution in [-0.4, -0.2) is 43.1 Å². The molecule has 0 aliphatic rings. The van der Waals surface area contributed by atoms with Crippen molar-refractivity contribution in [1.82, 2.24) is 15.6 Å². The number of aromatic amines is 1. The van der Waals surface area contributed by atoms with Crippen molar-refractivity contribution in [2.24, 2.45) is 0 Å².